The van der Waals surface area contributed by atoms with Crippen LogP contribution in [0.2, 0.25) is 0 Å². The lowest BCUT2D eigenvalue weighted by Crippen LogP contribution is -2.30. The van der Waals surface area contributed by atoms with Crippen molar-refractivity contribution in [2.24, 2.45) is 0 Å². The molecule has 5 aromatic carbocycles. The zero-order chi connectivity index (χ0) is 41.0. The number of hydrogen-bond donors (Lipinski definition) is 4. The third-order valence-corrected chi connectivity index (χ3v) is 11.4. The van der Waals surface area contributed by atoms with Gasteiger partial charge >= 0.3 is 5.97 Å². The van der Waals surface area contributed by atoms with Gasteiger partial charge in [-0.05, 0) is 91.2 Å². The van der Waals surface area contributed by atoms with E-state index in [1.54, 1.807) is 92.7 Å². The van der Waals surface area contributed by atoms with Crippen LogP contribution in [0.3, 0.4) is 0 Å². The van der Waals surface area contributed by atoms with Gasteiger partial charge in [-0.1, -0.05) is 101 Å². The first-order valence-corrected chi connectivity index (χ1v) is 20.5. The number of amides is 4. The van der Waals surface area contributed by atoms with E-state index in [0.717, 1.165) is 15.8 Å². The Kier molecular flexibility index (Phi) is 14.1. The standard InChI is InChI=1S/C45H37BrN4O6S2/c1-3-56-45(55)37-28(2)38(42(53)47-33-21-11-6-12-22-33)58-44(37)50-43(54)39(30-16-7-4-8-17-30)57-35-24-14-23-34(27-35)48-41(52)36(26-29-15-13-20-32(46)25-29)49-40(51)31-18-9-5-10-19-31/h4-27,39H,3H2,1-2H3,(H,47,53)(H,48,52)(H,49,51)(H,50,54)/b36-26+. The summed E-state index contributed by atoms with van der Waals surface area (Å²) in [6.07, 6.45) is 1.59. The quantitative estimate of drug-likeness (QED) is 0.0485. The Morgan fingerprint density at radius 3 is 2.09 bits per heavy atom. The van der Waals surface area contributed by atoms with Gasteiger partial charge in [0.25, 0.3) is 17.7 Å². The van der Waals surface area contributed by atoms with Crippen LogP contribution in [0.15, 0.2) is 155 Å². The molecule has 4 amide bonds. The lowest BCUT2D eigenvalue weighted by molar-refractivity contribution is -0.116. The van der Waals surface area contributed by atoms with E-state index in [0.29, 0.717) is 38.5 Å². The molecule has 4 N–H and O–H groups in total. The third kappa shape index (κ3) is 10.8. The second kappa shape index (κ2) is 19.7. The summed E-state index contributed by atoms with van der Waals surface area (Å²) in [4.78, 5) is 68.8. The first-order chi connectivity index (χ1) is 28.1. The number of halogens is 1. The fraction of sp³-hybridized carbons (Fsp3) is 0.0889. The molecule has 0 fully saturated rings. The zero-order valence-corrected chi connectivity index (χ0v) is 34.5. The topological polar surface area (TPSA) is 143 Å². The minimum absolute atomic E-state index is 0.0204. The van der Waals surface area contributed by atoms with Crippen molar-refractivity contribution in [3.8, 4) is 0 Å². The number of benzene rings is 5. The Bertz CT molecular complexity index is 2480. The van der Waals surface area contributed by atoms with E-state index in [9.17, 15) is 24.0 Å². The second-order valence-corrected chi connectivity index (χ2v) is 15.7. The minimum atomic E-state index is -0.830. The molecule has 58 heavy (non-hydrogen) atoms. The molecular formula is C45H37BrN4O6S2. The molecule has 13 heteroatoms. The van der Waals surface area contributed by atoms with E-state index in [-0.39, 0.29) is 27.7 Å². The SMILES string of the molecule is CCOC(=O)c1c(NC(=O)C(Sc2cccc(NC(=O)/C(=C\c3cccc(Br)c3)NC(=O)c3ccccc3)c2)c2ccccc2)sc(C(=O)Nc2ccccc2)c1C. The van der Waals surface area contributed by atoms with Crippen molar-refractivity contribution in [1.29, 1.82) is 0 Å². The van der Waals surface area contributed by atoms with Gasteiger partial charge in [0.1, 0.15) is 15.9 Å². The van der Waals surface area contributed by atoms with E-state index in [1.165, 1.54) is 11.8 Å². The molecule has 0 saturated carbocycles. The summed E-state index contributed by atoms with van der Waals surface area (Å²) >= 11 is 5.68. The van der Waals surface area contributed by atoms with Gasteiger partial charge in [0.05, 0.1) is 17.0 Å². The molecule has 0 aliphatic heterocycles. The summed E-state index contributed by atoms with van der Waals surface area (Å²) in [5.41, 5.74) is 3.25. The van der Waals surface area contributed by atoms with E-state index in [4.69, 9.17) is 4.74 Å². The van der Waals surface area contributed by atoms with Crippen LogP contribution in [0, 0.1) is 6.92 Å². The highest BCUT2D eigenvalue weighted by Crippen LogP contribution is 2.40. The summed E-state index contributed by atoms with van der Waals surface area (Å²) in [6, 6.07) is 40.9. The number of nitrogens with one attached hydrogen (secondary N) is 4. The number of thioether (sulfide) groups is 1. The number of para-hydroxylation sites is 1. The molecule has 0 spiro atoms. The van der Waals surface area contributed by atoms with Crippen molar-refractivity contribution in [3.63, 3.8) is 0 Å². The van der Waals surface area contributed by atoms with Gasteiger partial charge in [0.2, 0.25) is 5.91 Å². The molecule has 0 aliphatic rings. The molecule has 10 nitrogen and oxygen atoms in total. The Labute approximate surface area is 352 Å². The van der Waals surface area contributed by atoms with Gasteiger partial charge in [-0.25, -0.2) is 4.79 Å². The number of thiophene rings is 1. The monoisotopic (exact) mass is 872 g/mol. The summed E-state index contributed by atoms with van der Waals surface area (Å²) in [5.74, 6) is -2.55. The highest BCUT2D eigenvalue weighted by molar-refractivity contribution is 9.10. The van der Waals surface area contributed by atoms with Gasteiger partial charge in [0, 0.05) is 26.3 Å². The number of esters is 1. The zero-order valence-electron chi connectivity index (χ0n) is 31.3. The van der Waals surface area contributed by atoms with Crippen molar-refractivity contribution in [3.05, 3.63) is 182 Å². The molecule has 6 rings (SSSR count). The first kappa shape index (κ1) is 41.4. The number of anilines is 3. The normalized spacial score (nSPS) is 11.5. The van der Waals surface area contributed by atoms with Crippen LogP contribution in [0.5, 0.6) is 0 Å². The fourth-order valence-electron chi connectivity index (χ4n) is 5.74. The van der Waals surface area contributed by atoms with Crippen LogP contribution >= 0.6 is 39.0 Å². The number of rotatable bonds is 14. The summed E-state index contributed by atoms with van der Waals surface area (Å²) in [6.45, 7) is 3.43. The third-order valence-electron chi connectivity index (χ3n) is 8.48. The maximum atomic E-state index is 14.3. The Morgan fingerprint density at radius 2 is 1.40 bits per heavy atom. The molecule has 0 bridgehead atoms. The van der Waals surface area contributed by atoms with Crippen molar-refractivity contribution in [2.45, 2.75) is 24.0 Å². The fourth-order valence-corrected chi connectivity index (χ4v) is 8.34. The average molecular weight is 874 g/mol. The molecule has 1 heterocycles. The largest absolute Gasteiger partial charge is 0.462 e. The highest BCUT2D eigenvalue weighted by Gasteiger charge is 2.30. The molecule has 6 aromatic rings. The summed E-state index contributed by atoms with van der Waals surface area (Å²) in [7, 11) is 0. The van der Waals surface area contributed by atoms with E-state index in [1.807, 2.05) is 66.7 Å². The highest BCUT2D eigenvalue weighted by atomic mass is 79.9. The van der Waals surface area contributed by atoms with Crippen LogP contribution in [0.25, 0.3) is 6.08 Å². The Hall–Kier alpha value is -6.28. The molecule has 0 radical (unpaired) electrons. The number of ether oxygens (including phenoxy) is 1. The lowest BCUT2D eigenvalue weighted by Gasteiger charge is -2.18. The predicted molar refractivity (Wildman–Crippen MR) is 234 cm³/mol. The maximum absolute atomic E-state index is 14.3. The van der Waals surface area contributed by atoms with Gasteiger partial charge in [-0.15, -0.1) is 23.1 Å². The molecular weight excluding hydrogens is 837 g/mol. The van der Waals surface area contributed by atoms with E-state index in [2.05, 4.69) is 37.2 Å². The molecule has 0 saturated heterocycles. The maximum Gasteiger partial charge on any atom is 0.341 e. The average Bonchev–Trinajstić information content (AvgIpc) is 3.56. The van der Waals surface area contributed by atoms with E-state index < -0.39 is 34.8 Å². The molecule has 292 valence electrons. The summed E-state index contributed by atoms with van der Waals surface area (Å²) in [5, 5.41) is 10.8. The van der Waals surface area contributed by atoms with E-state index >= 15 is 0 Å². The van der Waals surface area contributed by atoms with Crippen LogP contribution in [0.4, 0.5) is 16.4 Å². The van der Waals surface area contributed by atoms with Crippen LogP contribution < -0.4 is 21.3 Å². The van der Waals surface area contributed by atoms with Crippen molar-refractivity contribution in [2.75, 3.05) is 22.6 Å². The number of hydrogen-bond acceptors (Lipinski definition) is 8. The van der Waals surface area contributed by atoms with Crippen molar-refractivity contribution >= 4 is 91.1 Å². The van der Waals surface area contributed by atoms with Gasteiger partial charge in [-0.3, -0.25) is 19.2 Å². The Balaban J connectivity index is 1.26. The summed E-state index contributed by atoms with van der Waals surface area (Å²) < 4.78 is 6.15. The first-order valence-electron chi connectivity index (χ1n) is 18.0. The Morgan fingerprint density at radius 1 is 0.741 bits per heavy atom. The second-order valence-electron chi connectivity index (χ2n) is 12.6. The number of carbonyl (C=O) groups excluding carboxylic acids is 5. The molecule has 1 atom stereocenters. The van der Waals surface area contributed by atoms with Crippen LogP contribution in [0.1, 0.15) is 59.3 Å². The van der Waals surface area contributed by atoms with Gasteiger partial charge in [0.15, 0.2) is 0 Å². The molecule has 1 aromatic heterocycles. The minimum Gasteiger partial charge on any atom is -0.462 e. The smallest absolute Gasteiger partial charge is 0.341 e. The predicted octanol–water partition coefficient (Wildman–Crippen LogP) is 10.1. The van der Waals surface area contributed by atoms with Gasteiger partial charge in [-0.2, -0.15) is 0 Å². The van der Waals surface area contributed by atoms with Gasteiger partial charge < -0.3 is 26.0 Å². The lowest BCUT2D eigenvalue weighted by atomic mass is 10.1. The number of carbonyl (C=O) groups is 5. The van der Waals surface area contributed by atoms with Crippen molar-refractivity contribution in [1.82, 2.24) is 5.32 Å². The van der Waals surface area contributed by atoms with Crippen molar-refractivity contribution < 1.29 is 28.7 Å². The van der Waals surface area contributed by atoms with Crippen LogP contribution in [-0.2, 0) is 14.3 Å². The van der Waals surface area contributed by atoms with Crippen LogP contribution in [-0.4, -0.2) is 36.2 Å². The molecule has 0 aliphatic carbocycles. The molecule has 1 unspecified atom stereocenters.